The van der Waals surface area contributed by atoms with Crippen LogP contribution in [0.2, 0.25) is 0 Å². The zero-order valence-corrected chi connectivity index (χ0v) is 13.2. The number of aromatic nitrogens is 1. The van der Waals surface area contributed by atoms with Crippen molar-refractivity contribution in [1.29, 1.82) is 0 Å². The van der Waals surface area contributed by atoms with E-state index in [0.29, 0.717) is 34.4 Å². The predicted octanol–water partition coefficient (Wildman–Crippen LogP) is 3.74. The minimum Gasteiger partial charge on any atom is -0.332 e. The summed E-state index contributed by atoms with van der Waals surface area (Å²) in [5.41, 5.74) is 0.319. The highest BCUT2D eigenvalue weighted by atomic mass is 79.9. The minimum absolute atomic E-state index is 0.277. The quantitative estimate of drug-likeness (QED) is 0.737. The fourth-order valence-electron chi connectivity index (χ4n) is 2.60. The average molecular weight is 387 g/mol. The van der Waals surface area contributed by atoms with Crippen molar-refractivity contribution < 1.29 is 22.8 Å². The Hall–Kier alpha value is -2.09. The summed E-state index contributed by atoms with van der Waals surface area (Å²) in [5.74, 6) is -0.365. The maximum atomic E-state index is 12.6. The predicted molar refractivity (Wildman–Crippen MR) is 80.6 cm³/mol. The fourth-order valence-corrected chi connectivity index (χ4v) is 3.21. The molecule has 1 amide bonds. The highest BCUT2D eigenvalue weighted by molar-refractivity contribution is 9.10. The van der Waals surface area contributed by atoms with E-state index in [2.05, 4.69) is 15.9 Å². The summed E-state index contributed by atoms with van der Waals surface area (Å²) in [7, 11) is 0. The van der Waals surface area contributed by atoms with Crippen molar-refractivity contribution in [2.75, 3.05) is 11.4 Å². The Balaban J connectivity index is 1.95. The van der Waals surface area contributed by atoms with Gasteiger partial charge in [0.15, 0.2) is 6.29 Å². The third kappa shape index (κ3) is 2.67. The molecule has 0 N–H and O–H groups in total. The molecule has 2 heterocycles. The van der Waals surface area contributed by atoms with Gasteiger partial charge in [0.05, 0.1) is 11.3 Å². The van der Waals surface area contributed by atoms with E-state index in [4.69, 9.17) is 0 Å². The van der Waals surface area contributed by atoms with Gasteiger partial charge < -0.3 is 9.47 Å². The second-order valence-electron chi connectivity index (χ2n) is 5.04. The molecule has 23 heavy (non-hydrogen) atoms. The van der Waals surface area contributed by atoms with Gasteiger partial charge in [0.1, 0.15) is 5.69 Å². The maximum absolute atomic E-state index is 12.6. The summed E-state index contributed by atoms with van der Waals surface area (Å²) in [6.45, 7) is 0.668. The SMILES string of the molecule is O=Cc1cc(Br)c2n1CCN(c1ccc(C(F)(F)F)cc1)C2=O. The lowest BCUT2D eigenvalue weighted by atomic mass is 10.1. The number of amides is 1. The lowest BCUT2D eigenvalue weighted by molar-refractivity contribution is -0.137. The molecular formula is C15H10BrF3N2O2. The summed E-state index contributed by atoms with van der Waals surface area (Å²) >= 11 is 3.25. The molecule has 0 aliphatic carbocycles. The fraction of sp³-hybridized carbons (Fsp3) is 0.200. The summed E-state index contributed by atoms with van der Waals surface area (Å²) in [4.78, 5) is 25.0. The molecule has 1 aromatic carbocycles. The topological polar surface area (TPSA) is 42.3 Å². The van der Waals surface area contributed by atoms with Crippen molar-refractivity contribution in [3.05, 3.63) is 51.8 Å². The Morgan fingerprint density at radius 1 is 1.13 bits per heavy atom. The van der Waals surface area contributed by atoms with Gasteiger partial charge in [-0.25, -0.2) is 0 Å². The second kappa shape index (κ2) is 5.52. The van der Waals surface area contributed by atoms with Crippen LogP contribution in [0.4, 0.5) is 18.9 Å². The smallest absolute Gasteiger partial charge is 0.332 e. The number of benzene rings is 1. The van der Waals surface area contributed by atoms with Gasteiger partial charge in [-0.05, 0) is 46.3 Å². The first-order chi connectivity index (χ1) is 10.8. The Bertz CT molecular complexity index is 781. The van der Waals surface area contributed by atoms with Gasteiger partial charge in [0.25, 0.3) is 5.91 Å². The highest BCUT2D eigenvalue weighted by Crippen LogP contribution is 2.32. The van der Waals surface area contributed by atoms with E-state index in [1.807, 2.05) is 0 Å². The van der Waals surface area contributed by atoms with Crippen LogP contribution in [0.15, 0.2) is 34.8 Å². The number of fused-ring (bicyclic) bond motifs is 1. The Labute approximate surface area is 137 Å². The summed E-state index contributed by atoms with van der Waals surface area (Å²) in [5, 5.41) is 0. The van der Waals surface area contributed by atoms with Crippen molar-refractivity contribution in [3.8, 4) is 0 Å². The third-order valence-corrected chi connectivity index (χ3v) is 4.31. The molecule has 0 saturated heterocycles. The first kappa shape index (κ1) is 15.8. The lowest BCUT2D eigenvalue weighted by Gasteiger charge is -2.29. The number of hydrogen-bond acceptors (Lipinski definition) is 2. The molecule has 8 heteroatoms. The number of nitrogens with zero attached hydrogens (tertiary/aromatic N) is 2. The van der Waals surface area contributed by atoms with Crippen molar-refractivity contribution in [1.82, 2.24) is 4.57 Å². The van der Waals surface area contributed by atoms with Crippen LogP contribution in [0, 0.1) is 0 Å². The van der Waals surface area contributed by atoms with Crippen molar-refractivity contribution in [3.63, 3.8) is 0 Å². The lowest BCUT2D eigenvalue weighted by Crippen LogP contribution is -2.40. The van der Waals surface area contributed by atoms with Gasteiger partial charge in [0.2, 0.25) is 0 Å². The third-order valence-electron chi connectivity index (χ3n) is 3.70. The van der Waals surface area contributed by atoms with Crippen LogP contribution >= 0.6 is 15.9 Å². The Kier molecular flexibility index (Phi) is 3.79. The van der Waals surface area contributed by atoms with Gasteiger partial charge in [-0.1, -0.05) is 0 Å². The van der Waals surface area contributed by atoms with Crippen LogP contribution in [0.5, 0.6) is 0 Å². The molecule has 0 fully saturated rings. The van der Waals surface area contributed by atoms with Gasteiger partial charge in [-0.3, -0.25) is 9.59 Å². The molecule has 120 valence electrons. The molecule has 0 saturated carbocycles. The van der Waals surface area contributed by atoms with Crippen molar-refractivity contribution in [2.24, 2.45) is 0 Å². The molecule has 0 spiro atoms. The van der Waals surface area contributed by atoms with E-state index in [1.54, 1.807) is 10.6 Å². The number of hydrogen-bond donors (Lipinski definition) is 0. The van der Waals surface area contributed by atoms with E-state index < -0.39 is 11.7 Å². The number of anilines is 1. The average Bonchev–Trinajstić information content (AvgIpc) is 2.84. The molecule has 0 atom stereocenters. The summed E-state index contributed by atoms with van der Waals surface area (Å²) in [6, 6.07) is 5.99. The first-order valence-electron chi connectivity index (χ1n) is 6.66. The number of carbonyl (C=O) groups excluding carboxylic acids is 2. The van der Waals surface area contributed by atoms with Crippen LogP contribution in [-0.4, -0.2) is 23.3 Å². The van der Waals surface area contributed by atoms with Crippen LogP contribution in [-0.2, 0) is 12.7 Å². The van der Waals surface area contributed by atoms with Gasteiger partial charge in [-0.15, -0.1) is 0 Å². The highest BCUT2D eigenvalue weighted by Gasteiger charge is 2.32. The van der Waals surface area contributed by atoms with E-state index in [-0.39, 0.29) is 12.5 Å². The molecule has 3 rings (SSSR count). The molecular weight excluding hydrogens is 377 g/mol. The summed E-state index contributed by atoms with van der Waals surface area (Å²) in [6.07, 6.45) is -3.75. The number of halogens is 4. The van der Waals surface area contributed by atoms with Gasteiger partial charge in [0, 0.05) is 23.2 Å². The molecule has 0 unspecified atom stereocenters. The molecule has 1 aliphatic rings. The largest absolute Gasteiger partial charge is 0.416 e. The van der Waals surface area contributed by atoms with Gasteiger partial charge >= 0.3 is 6.18 Å². The molecule has 4 nitrogen and oxygen atoms in total. The van der Waals surface area contributed by atoms with Crippen LogP contribution in [0.25, 0.3) is 0 Å². The maximum Gasteiger partial charge on any atom is 0.416 e. The number of alkyl halides is 3. The summed E-state index contributed by atoms with van der Waals surface area (Å²) < 4.78 is 39.9. The van der Waals surface area contributed by atoms with E-state index in [1.165, 1.54) is 17.0 Å². The Morgan fingerprint density at radius 3 is 2.35 bits per heavy atom. The van der Waals surface area contributed by atoms with E-state index in [9.17, 15) is 22.8 Å². The number of carbonyl (C=O) groups is 2. The van der Waals surface area contributed by atoms with E-state index >= 15 is 0 Å². The molecule has 1 aliphatic heterocycles. The van der Waals surface area contributed by atoms with E-state index in [0.717, 1.165) is 12.1 Å². The first-order valence-corrected chi connectivity index (χ1v) is 7.45. The minimum atomic E-state index is -4.42. The normalized spacial score (nSPS) is 14.8. The zero-order valence-electron chi connectivity index (χ0n) is 11.6. The second-order valence-corrected chi connectivity index (χ2v) is 5.89. The van der Waals surface area contributed by atoms with Crippen molar-refractivity contribution in [2.45, 2.75) is 12.7 Å². The van der Waals surface area contributed by atoms with Gasteiger partial charge in [-0.2, -0.15) is 13.2 Å². The standard InChI is InChI=1S/C15H10BrF3N2O2/c16-12-7-11(8-22)20-5-6-21(14(23)13(12)20)10-3-1-9(2-4-10)15(17,18)19/h1-4,7-8H,5-6H2. The molecule has 0 bridgehead atoms. The van der Waals surface area contributed by atoms with Crippen LogP contribution in [0.1, 0.15) is 26.5 Å². The van der Waals surface area contributed by atoms with Crippen molar-refractivity contribution >= 4 is 33.8 Å². The molecule has 2 aromatic rings. The monoisotopic (exact) mass is 386 g/mol. The van der Waals surface area contributed by atoms with Crippen LogP contribution in [0.3, 0.4) is 0 Å². The zero-order chi connectivity index (χ0) is 16.8. The molecule has 0 radical (unpaired) electrons. The molecule has 1 aromatic heterocycles. The Morgan fingerprint density at radius 2 is 1.78 bits per heavy atom. The van der Waals surface area contributed by atoms with Crippen LogP contribution < -0.4 is 4.90 Å². The number of rotatable bonds is 2. The number of aldehydes is 1.